The van der Waals surface area contributed by atoms with Gasteiger partial charge < -0.3 is 5.73 Å². The van der Waals surface area contributed by atoms with Crippen molar-refractivity contribution in [3.05, 3.63) is 65.2 Å². The third-order valence-corrected chi connectivity index (χ3v) is 2.65. The highest BCUT2D eigenvalue weighted by atomic mass is 35.5. The van der Waals surface area contributed by atoms with Gasteiger partial charge in [-0.25, -0.2) is 0 Å². The third-order valence-electron chi connectivity index (χ3n) is 2.65. The average molecular weight is 354 g/mol. The molecule has 3 nitrogen and oxygen atoms in total. The number of ketones is 1. The minimum Gasteiger partial charge on any atom is -0.399 e. The molecule has 0 saturated carbocycles. The zero-order valence-corrected chi connectivity index (χ0v) is 15.0. The van der Waals surface area contributed by atoms with Crippen LogP contribution in [0.15, 0.2) is 48.5 Å². The summed E-state index contributed by atoms with van der Waals surface area (Å²) in [7, 11) is 0. The van der Waals surface area contributed by atoms with Crippen LogP contribution in [0.2, 0.25) is 0 Å². The van der Waals surface area contributed by atoms with Crippen molar-refractivity contribution in [2.24, 2.45) is 0 Å². The fraction of sp³-hybridized carbons (Fsp3) is 0.143. The molecule has 2 N–H and O–H groups in total. The Balaban J connectivity index is 0.000000391. The Morgan fingerprint density at radius 3 is 1.60 bits per heavy atom. The molecule has 2 rings (SSSR count). The zero-order valence-electron chi connectivity index (χ0n) is 14.3. The van der Waals surface area contributed by atoms with Gasteiger partial charge in [0.15, 0.2) is 0 Å². The minimum atomic E-state index is -0.361. The Bertz CT molecular complexity index is 760. The highest BCUT2D eigenvalue weighted by molar-refractivity contribution is 6.62. The van der Waals surface area contributed by atoms with Crippen LogP contribution in [0.1, 0.15) is 30.5 Å². The average Bonchev–Trinajstić information content (AvgIpc) is 2.56. The number of hydrogen-bond donors (Lipinski definition) is 1. The first-order chi connectivity index (χ1) is 11.8. The highest BCUT2D eigenvalue weighted by Gasteiger charge is 1.96. The Morgan fingerprint density at radius 1 is 0.920 bits per heavy atom. The fourth-order valence-electron chi connectivity index (χ4n) is 1.59. The van der Waals surface area contributed by atoms with Gasteiger partial charge in [0.05, 0.1) is 0 Å². The maximum absolute atomic E-state index is 10.7. The number of benzene rings is 2. The molecule has 128 valence electrons. The van der Waals surface area contributed by atoms with E-state index in [9.17, 15) is 9.59 Å². The van der Waals surface area contributed by atoms with Gasteiger partial charge in [-0.3, -0.25) is 9.59 Å². The van der Waals surface area contributed by atoms with Gasteiger partial charge in [0.25, 0.3) is 0 Å². The normalized spacial score (nSPS) is 8.36. The molecule has 0 aliphatic rings. The maximum Gasteiger partial charge on any atom is 0.218 e. The van der Waals surface area contributed by atoms with Crippen molar-refractivity contribution < 1.29 is 9.59 Å². The van der Waals surface area contributed by atoms with Gasteiger partial charge in [0.2, 0.25) is 5.24 Å². The number of anilines is 1. The summed E-state index contributed by atoms with van der Waals surface area (Å²) in [5.74, 6) is 5.19. The SMILES string of the molecule is C#Cc1ccc(CC(C)=O)cc1.C#Cc1ccc(N)cc1.CC(=O)Cl. The summed E-state index contributed by atoms with van der Waals surface area (Å²) in [5.41, 5.74) is 8.89. The topological polar surface area (TPSA) is 60.2 Å². The van der Waals surface area contributed by atoms with Crippen molar-refractivity contribution in [3.8, 4) is 24.7 Å². The second kappa shape index (κ2) is 12.4. The van der Waals surface area contributed by atoms with Crippen LogP contribution in [0, 0.1) is 24.7 Å². The van der Waals surface area contributed by atoms with E-state index in [1.807, 2.05) is 36.4 Å². The van der Waals surface area contributed by atoms with Crippen LogP contribution in [0.3, 0.4) is 0 Å². The number of nitrogen functional groups attached to an aromatic ring is 1. The molecular formula is C21H20ClNO2. The van der Waals surface area contributed by atoms with E-state index in [-0.39, 0.29) is 11.0 Å². The van der Waals surface area contributed by atoms with Crippen molar-refractivity contribution in [3.63, 3.8) is 0 Å². The molecule has 0 saturated heterocycles. The van der Waals surface area contributed by atoms with Crippen molar-refractivity contribution >= 4 is 28.3 Å². The van der Waals surface area contributed by atoms with Crippen molar-refractivity contribution in [2.45, 2.75) is 20.3 Å². The summed E-state index contributed by atoms with van der Waals surface area (Å²) in [6, 6.07) is 14.7. The Morgan fingerprint density at radius 2 is 1.28 bits per heavy atom. The summed E-state index contributed by atoms with van der Waals surface area (Å²) >= 11 is 4.64. The smallest absolute Gasteiger partial charge is 0.218 e. The first-order valence-corrected chi connectivity index (χ1v) is 7.69. The molecule has 0 aliphatic heterocycles. The quantitative estimate of drug-likeness (QED) is 0.507. The first kappa shape index (κ1) is 22.0. The number of carbonyl (C=O) groups is 2. The second-order valence-corrected chi connectivity index (χ2v) is 5.49. The van der Waals surface area contributed by atoms with Gasteiger partial charge in [-0.1, -0.05) is 24.0 Å². The summed E-state index contributed by atoms with van der Waals surface area (Å²) in [5, 5.41) is -0.361. The lowest BCUT2D eigenvalue weighted by Gasteiger charge is -1.96. The molecule has 0 unspecified atom stereocenters. The van der Waals surface area contributed by atoms with Gasteiger partial charge in [0, 0.05) is 30.2 Å². The van der Waals surface area contributed by atoms with Crippen LogP contribution in [0.5, 0.6) is 0 Å². The van der Waals surface area contributed by atoms with Crippen LogP contribution in [0.25, 0.3) is 0 Å². The Kier molecular flexibility index (Phi) is 10.9. The zero-order chi connectivity index (χ0) is 19.2. The van der Waals surface area contributed by atoms with Gasteiger partial charge in [-0.15, -0.1) is 12.8 Å². The number of nitrogens with two attached hydrogens (primary N) is 1. The van der Waals surface area contributed by atoms with Crippen molar-refractivity contribution in [2.75, 3.05) is 5.73 Å². The van der Waals surface area contributed by atoms with Gasteiger partial charge in [0.1, 0.15) is 5.78 Å². The second-order valence-electron chi connectivity index (χ2n) is 4.96. The third kappa shape index (κ3) is 12.1. The molecule has 2 aromatic rings. The number of Topliss-reactive ketones (excluding diaryl/α,β-unsaturated/α-hetero) is 1. The lowest BCUT2D eigenvalue weighted by atomic mass is 10.1. The molecule has 0 bridgehead atoms. The van der Waals surface area contributed by atoms with Gasteiger partial charge in [-0.05, 0) is 60.5 Å². The van der Waals surface area contributed by atoms with E-state index in [4.69, 9.17) is 18.6 Å². The van der Waals surface area contributed by atoms with E-state index in [0.717, 1.165) is 22.4 Å². The van der Waals surface area contributed by atoms with E-state index in [0.29, 0.717) is 6.42 Å². The van der Waals surface area contributed by atoms with E-state index >= 15 is 0 Å². The monoisotopic (exact) mass is 353 g/mol. The summed E-state index contributed by atoms with van der Waals surface area (Å²) in [6.45, 7) is 2.87. The lowest BCUT2D eigenvalue weighted by molar-refractivity contribution is -0.116. The molecule has 0 heterocycles. The molecule has 0 amide bonds. The molecule has 0 radical (unpaired) electrons. The molecule has 0 spiro atoms. The molecule has 4 heteroatoms. The summed E-state index contributed by atoms with van der Waals surface area (Å²) < 4.78 is 0. The highest BCUT2D eigenvalue weighted by Crippen LogP contribution is 2.04. The molecular weight excluding hydrogens is 334 g/mol. The van der Waals surface area contributed by atoms with Crippen LogP contribution < -0.4 is 5.73 Å². The summed E-state index contributed by atoms with van der Waals surface area (Å²) in [4.78, 5) is 19.9. The van der Waals surface area contributed by atoms with E-state index in [2.05, 4.69) is 23.4 Å². The standard InChI is InChI=1S/C11H10O.C8H7N.C2H3ClO/c1-3-10-4-6-11(7-5-10)8-9(2)12;1-2-7-3-5-8(9)6-4-7;1-2(3)4/h1,4-7H,8H2,2H3;1,3-6H,9H2;1H3. The summed E-state index contributed by atoms with van der Waals surface area (Å²) in [6.07, 6.45) is 10.8. The fourth-order valence-corrected chi connectivity index (χ4v) is 1.59. The number of halogens is 1. The Labute approximate surface area is 154 Å². The number of carbonyl (C=O) groups excluding carboxylic acids is 2. The molecule has 25 heavy (non-hydrogen) atoms. The number of rotatable bonds is 2. The number of hydrogen-bond acceptors (Lipinski definition) is 3. The van der Waals surface area contributed by atoms with Gasteiger partial charge >= 0.3 is 0 Å². The molecule has 0 aliphatic carbocycles. The first-order valence-electron chi connectivity index (χ1n) is 7.31. The predicted octanol–water partition coefficient (Wildman–Crippen LogP) is 3.82. The molecule has 0 atom stereocenters. The Hall–Kier alpha value is -3.01. The van der Waals surface area contributed by atoms with E-state index < -0.39 is 0 Å². The lowest BCUT2D eigenvalue weighted by Crippen LogP contribution is -1.95. The van der Waals surface area contributed by atoms with E-state index in [1.54, 1.807) is 19.1 Å². The van der Waals surface area contributed by atoms with Crippen molar-refractivity contribution in [1.29, 1.82) is 0 Å². The van der Waals surface area contributed by atoms with Gasteiger partial charge in [-0.2, -0.15) is 0 Å². The largest absolute Gasteiger partial charge is 0.399 e. The van der Waals surface area contributed by atoms with E-state index in [1.165, 1.54) is 6.92 Å². The van der Waals surface area contributed by atoms with Crippen LogP contribution in [-0.4, -0.2) is 11.0 Å². The molecule has 2 aromatic carbocycles. The molecule has 0 fully saturated rings. The maximum atomic E-state index is 10.7. The van der Waals surface area contributed by atoms with Crippen molar-refractivity contribution in [1.82, 2.24) is 0 Å². The van der Waals surface area contributed by atoms with Crippen LogP contribution in [0.4, 0.5) is 5.69 Å². The minimum absolute atomic E-state index is 0.170. The predicted molar refractivity (Wildman–Crippen MR) is 104 cm³/mol. The van der Waals surface area contributed by atoms with Crippen LogP contribution >= 0.6 is 11.6 Å². The molecule has 0 aromatic heterocycles. The number of terminal acetylenes is 2. The van der Waals surface area contributed by atoms with Crippen LogP contribution in [-0.2, 0) is 16.0 Å².